The van der Waals surface area contributed by atoms with Crippen molar-refractivity contribution in [3.63, 3.8) is 0 Å². The molecular weight excluding hydrogens is 454 g/mol. The predicted octanol–water partition coefficient (Wildman–Crippen LogP) is 3.75. The lowest BCUT2D eigenvalue weighted by molar-refractivity contribution is -0.135. The summed E-state index contributed by atoms with van der Waals surface area (Å²) in [5.74, 6) is 0.651. The van der Waals surface area contributed by atoms with Crippen LogP contribution in [0, 0.1) is 5.92 Å². The number of fused-ring (bicyclic) bond motifs is 1. The summed E-state index contributed by atoms with van der Waals surface area (Å²) in [5.41, 5.74) is 2.05. The van der Waals surface area contributed by atoms with E-state index in [1.165, 1.54) is 5.56 Å². The maximum Gasteiger partial charge on any atom is 0.286 e. The van der Waals surface area contributed by atoms with Crippen LogP contribution in [0.2, 0.25) is 0 Å². The number of hydrogen-bond acceptors (Lipinski definition) is 5. The second-order valence-electron chi connectivity index (χ2n) is 9.79. The Bertz CT molecular complexity index is 1070. The van der Waals surface area contributed by atoms with Gasteiger partial charge in [0, 0.05) is 30.6 Å². The standard InChI is InChI=1S/C29H37N3O4/c1-4-23(19-32(2)18-20-10-6-5-7-11-20)30-28(33)22-14-15-26-24(16-22)31-29(34)27(36-26)17-21-12-8-9-13-25(21)35-3/h5-13,17,22-24,26H,4,14-16,18-19H2,1-3H3,(H,30,33)(H,31,34)/b27-17+. The molecule has 0 bridgehead atoms. The van der Waals surface area contributed by atoms with E-state index < -0.39 is 0 Å². The first-order chi connectivity index (χ1) is 17.5. The summed E-state index contributed by atoms with van der Waals surface area (Å²) in [6, 6.07) is 17.8. The molecule has 192 valence electrons. The third kappa shape index (κ3) is 6.46. The number of para-hydroxylation sites is 1. The van der Waals surface area contributed by atoms with E-state index in [0.717, 1.165) is 37.9 Å². The molecule has 7 nitrogen and oxygen atoms in total. The minimum atomic E-state index is -0.253. The molecule has 2 N–H and O–H groups in total. The largest absolute Gasteiger partial charge is 0.496 e. The summed E-state index contributed by atoms with van der Waals surface area (Å²) < 4.78 is 11.5. The van der Waals surface area contributed by atoms with Crippen molar-refractivity contribution >= 4 is 17.9 Å². The highest BCUT2D eigenvalue weighted by atomic mass is 16.5. The van der Waals surface area contributed by atoms with Crippen LogP contribution in [0.3, 0.4) is 0 Å². The number of ether oxygens (including phenoxy) is 2. The molecule has 1 saturated heterocycles. The molecule has 2 aliphatic rings. The first-order valence-electron chi connectivity index (χ1n) is 12.8. The Morgan fingerprint density at radius 2 is 1.94 bits per heavy atom. The molecule has 1 saturated carbocycles. The molecule has 1 heterocycles. The zero-order valence-corrected chi connectivity index (χ0v) is 21.4. The SMILES string of the molecule is CCC(CN(C)Cc1ccccc1)NC(=O)C1CCC2O/C(=C/c3ccccc3OC)C(=O)NC2C1. The van der Waals surface area contributed by atoms with E-state index in [0.29, 0.717) is 12.2 Å². The van der Waals surface area contributed by atoms with Crippen LogP contribution in [0.25, 0.3) is 6.08 Å². The van der Waals surface area contributed by atoms with Gasteiger partial charge in [-0.1, -0.05) is 55.5 Å². The van der Waals surface area contributed by atoms with E-state index in [2.05, 4.69) is 41.6 Å². The van der Waals surface area contributed by atoms with Crippen molar-refractivity contribution in [1.29, 1.82) is 0 Å². The van der Waals surface area contributed by atoms with Crippen molar-refractivity contribution in [2.75, 3.05) is 20.7 Å². The van der Waals surface area contributed by atoms with Gasteiger partial charge in [0.1, 0.15) is 11.9 Å². The number of methoxy groups -OCH3 is 1. The molecule has 4 atom stereocenters. The molecule has 4 rings (SSSR count). The average molecular weight is 492 g/mol. The number of likely N-dealkylation sites (N-methyl/N-ethyl adjacent to an activating group) is 1. The number of carbonyl (C=O) groups is 2. The number of hydrogen-bond donors (Lipinski definition) is 2. The average Bonchev–Trinajstić information content (AvgIpc) is 2.89. The minimum absolute atomic E-state index is 0.0676. The fourth-order valence-corrected chi connectivity index (χ4v) is 5.09. The Labute approximate surface area is 213 Å². The number of rotatable bonds is 9. The maximum absolute atomic E-state index is 13.1. The second kappa shape index (κ2) is 12.1. The van der Waals surface area contributed by atoms with Crippen molar-refractivity contribution in [1.82, 2.24) is 15.5 Å². The maximum atomic E-state index is 13.1. The predicted molar refractivity (Wildman–Crippen MR) is 140 cm³/mol. The van der Waals surface area contributed by atoms with Crippen molar-refractivity contribution in [2.45, 2.75) is 57.3 Å². The molecule has 2 amide bonds. The molecule has 1 aliphatic heterocycles. The normalized spacial score (nSPS) is 23.4. The van der Waals surface area contributed by atoms with Gasteiger partial charge in [-0.15, -0.1) is 0 Å². The van der Waals surface area contributed by atoms with Gasteiger partial charge in [-0.3, -0.25) is 9.59 Å². The summed E-state index contributed by atoms with van der Waals surface area (Å²) in [6.07, 6.45) is 4.49. The molecule has 1 aliphatic carbocycles. The van der Waals surface area contributed by atoms with Crippen LogP contribution in [0.15, 0.2) is 60.4 Å². The van der Waals surface area contributed by atoms with Gasteiger partial charge < -0.3 is 25.0 Å². The van der Waals surface area contributed by atoms with Gasteiger partial charge in [-0.05, 0) is 50.4 Å². The van der Waals surface area contributed by atoms with E-state index in [1.54, 1.807) is 13.2 Å². The van der Waals surface area contributed by atoms with E-state index in [-0.39, 0.29) is 41.7 Å². The second-order valence-corrected chi connectivity index (χ2v) is 9.79. The lowest BCUT2D eigenvalue weighted by Gasteiger charge is -2.40. The number of benzene rings is 2. The van der Waals surface area contributed by atoms with E-state index >= 15 is 0 Å². The number of nitrogens with one attached hydrogen (secondary N) is 2. The Morgan fingerprint density at radius 3 is 2.69 bits per heavy atom. The smallest absolute Gasteiger partial charge is 0.286 e. The number of nitrogens with zero attached hydrogens (tertiary/aromatic N) is 1. The van der Waals surface area contributed by atoms with Crippen molar-refractivity contribution in [3.05, 3.63) is 71.5 Å². The van der Waals surface area contributed by atoms with Crippen LogP contribution in [0.1, 0.15) is 43.7 Å². The van der Waals surface area contributed by atoms with Crippen LogP contribution in [0.5, 0.6) is 5.75 Å². The zero-order valence-electron chi connectivity index (χ0n) is 21.4. The zero-order chi connectivity index (χ0) is 25.5. The lowest BCUT2D eigenvalue weighted by atomic mass is 9.82. The molecule has 0 spiro atoms. The molecule has 0 aromatic heterocycles. The molecule has 2 fully saturated rings. The highest BCUT2D eigenvalue weighted by Crippen LogP contribution is 2.32. The van der Waals surface area contributed by atoms with Crippen LogP contribution in [-0.4, -0.2) is 55.6 Å². The molecular formula is C29H37N3O4. The molecule has 0 radical (unpaired) electrons. The van der Waals surface area contributed by atoms with E-state index in [4.69, 9.17) is 9.47 Å². The molecule has 2 aromatic carbocycles. The van der Waals surface area contributed by atoms with E-state index in [9.17, 15) is 9.59 Å². The highest BCUT2D eigenvalue weighted by Gasteiger charge is 2.40. The summed E-state index contributed by atoms with van der Waals surface area (Å²) in [7, 11) is 3.68. The summed E-state index contributed by atoms with van der Waals surface area (Å²) in [5, 5.41) is 6.33. The van der Waals surface area contributed by atoms with Gasteiger partial charge in [0.2, 0.25) is 5.91 Å². The molecule has 4 unspecified atom stereocenters. The van der Waals surface area contributed by atoms with Gasteiger partial charge in [-0.25, -0.2) is 0 Å². The Balaban J connectivity index is 1.31. The van der Waals surface area contributed by atoms with Crippen LogP contribution < -0.4 is 15.4 Å². The van der Waals surface area contributed by atoms with Gasteiger partial charge in [-0.2, -0.15) is 0 Å². The third-order valence-electron chi connectivity index (χ3n) is 7.07. The van der Waals surface area contributed by atoms with Crippen molar-refractivity contribution < 1.29 is 19.1 Å². The minimum Gasteiger partial charge on any atom is -0.496 e. The fraction of sp³-hybridized carbons (Fsp3) is 0.448. The van der Waals surface area contributed by atoms with Crippen LogP contribution in [-0.2, 0) is 20.9 Å². The summed E-state index contributed by atoms with van der Waals surface area (Å²) >= 11 is 0. The number of morpholine rings is 1. The summed E-state index contributed by atoms with van der Waals surface area (Å²) in [4.78, 5) is 28.1. The van der Waals surface area contributed by atoms with Gasteiger partial charge in [0.15, 0.2) is 5.76 Å². The summed E-state index contributed by atoms with van der Waals surface area (Å²) in [6.45, 7) is 3.73. The first-order valence-corrected chi connectivity index (χ1v) is 12.8. The van der Waals surface area contributed by atoms with Crippen LogP contribution >= 0.6 is 0 Å². The first kappa shape index (κ1) is 25.8. The van der Waals surface area contributed by atoms with Gasteiger partial charge in [0.25, 0.3) is 5.91 Å². The quantitative estimate of drug-likeness (QED) is 0.523. The number of amides is 2. The Hall–Kier alpha value is -3.32. The molecule has 2 aromatic rings. The van der Waals surface area contributed by atoms with Gasteiger partial charge in [0.05, 0.1) is 13.2 Å². The topological polar surface area (TPSA) is 79.9 Å². The fourth-order valence-electron chi connectivity index (χ4n) is 5.09. The third-order valence-corrected chi connectivity index (χ3v) is 7.07. The Morgan fingerprint density at radius 1 is 1.19 bits per heavy atom. The Kier molecular flexibility index (Phi) is 8.65. The molecule has 36 heavy (non-hydrogen) atoms. The van der Waals surface area contributed by atoms with Gasteiger partial charge >= 0.3 is 0 Å². The lowest BCUT2D eigenvalue weighted by Crippen LogP contribution is -2.55. The molecule has 7 heteroatoms. The number of carbonyl (C=O) groups excluding carboxylic acids is 2. The monoisotopic (exact) mass is 491 g/mol. The van der Waals surface area contributed by atoms with Crippen LogP contribution in [0.4, 0.5) is 0 Å². The van der Waals surface area contributed by atoms with E-state index in [1.807, 2.05) is 42.5 Å². The highest BCUT2D eigenvalue weighted by molar-refractivity contribution is 5.97. The van der Waals surface area contributed by atoms with Crippen molar-refractivity contribution in [3.8, 4) is 5.75 Å². The van der Waals surface area contributed by atoms with Crippen molar-refractivity contribution in [2.24, 2.45) is 5.92 Å².